The maximum Gasteiger partial charge on any atom is 0.205 e. The molecule has 0 bridgehead atoms. The van der Waals surface area contributed by atoms with Crippen LogP contribution in [0.3, 0.4) is 0 Å². The number of rotatable bonds is 8. The Kier molecular flexibility index (Phi) is 8.30. The van der Waals surface area contributed by atoms with E-state index in [1.807, 2.05) is 6.92 Å². The number of aryl methyl sites for hydroxylation is 1. The van der Waals surface area contributed by atoms with Crippen LogP contribution in [-0.4, -0.2) is 78.8 Å². The van der Waals surface area contributed by atoms with Gasteiger partial charge in [-0.1, -0.05) is 6.92 Å². The summed E-state index contributed by atoms with van der Waals surface area (Å²) in [7, 11) is 3.19. The second kappa shape index (κ2) is 11.1. The van der Waals surface area contributed by atoms with Crippen LogP contribution in [0.5, 0.6) is 11.5 Å². The highest BCUT2D eigenvalue weighted by atomic mass is 32.1. The minimum Gasteiger partial charge on any atom is -0.497 e. The van der Waals surface area contributed by atoms with Crippen LogP contribution in [0.1, 0.15) is 31.3 Å². The number of methoxy groups -OCH3 is 2. The molecule has 3 rings (SSSR count). The van der Waals surface area contributed by atoms with Gasteiger partial charge in [0, 0.05) is 56.7 Å². The Labute approximate surface area is 187 Å². The van der Waals surface area contributed by atoms with Crippen LogP contribution in [0.4, 0.5) is 5.13 Å². The molecule has 1 aromatic carbocycles. The second-order valence-electron chi connectivity index (χ2n) is 7.18. The quantitative estimate of drug-likeness (QED) is 0.467. The molecule has 1 atom stereocenters. The Hall–Kier alpha value is -2.59. The fraction of sp³-hybridized carbons (Fsp3) is 0.571. The smallest absolute Gasteiger partial charge is 0.205 e. The predicted octanol–water partition coefficient (Wildman–Crippen LogP) is 1.94. The number of nitrogens with one attached hydrogen (secondary N) is 1. The number of anilines is 1. The molecule has 31 heavy (non-hydrogen) atoms. The molecule has 2 aromatic rings. The Morgan fingerprint density at radius 3 is 2.39 bits per heavy atom. The van der Waals surface area contributed by atoms with Crippen LogP contribution in [0.15, 0.2) is 23.2 Å². The molecule has 10 heteroatoms. The summed E-state index contributed by atoms with van der Waals surface area (Å²) < 4.78 is 15.0. The van der Waals surface area contributed by atoms with Gasteiger partial charge in [0.2, 0.25) is 5.13 Å². The van der Waals surface area contributed by atoms with Gasteiger partial charge in [-0.15, -0.1) is 0 Å². The number of aliphatic hydroxyl groups excluding tert-OH is 1. The number of hydrogen-bond acceptors (Lipinski definition) is 8. The minimum absolute atomic E-state index is 0.245. The number of nitrogens with zero attached hydrogens (tertiary/aromatic N) is 5. The van der Waals surface area contributed by atoms with Gasteiger partial charge in [0.25, 0.3) is 0 Å². The first-order valence-corrected chi connectivity index (χ1v) is 11.4. The first-order valence-electron chi connectivity index (χ1n) is 10.6. The topological polar surface area (TPSA) is 95.3 Å². The standard InChI is InChI=1S/C21H32N6O3S/c1-5-19-24-21(31-25-19)27-9-7-26(8-10-27)20(22-6-2)23-14-18(28)15-11-16(29-3)13-17(12-15)30-4/h11-13,18,28H,5-10,14H2,1-4H3,(H,22,23). The van der Waals surface area contributed by atoms with Crippen molar-refractivity contribution < 1.29 is 14.6 Å². The third-order valence-corrected chi connectivity index (χ3v) is 5.95. The first kappa shape index (κ1) is 23.1. The van der Waals surface area contributed by atoms with Crippen molar-refractivity contribution in [1.82, 2.24) is 19.6 Å². The largest absolute Gasteiger partial charge is 0.497 e. The molecule has 2 N–H and O–H groups in total. The zero-order valence-electron chi connectivity index (χ0n) is 18.7. The van der Waals surface area contributed by atoms with Gasteiger partial charge in [-0.05, 0) is 24.6 Å². The van der Waals surface area contributed by atoms with Gasteiger partial charge < -0.3 is 29.7 Å². The zero-order valence-corrected chi connectivity index (χ0v) is 19.5. The molecule has 1 aliphatic heterocycles. The van der Waals surface area contributed by atoms with Crippen LogP contribution in [0.2, 0.25) is 0 Å². The van der Waals surface area contributed by atoms with Crippen LogP contribution >= 0.6 is 11.5 Å². The van der Waals surface area contributed by atoms with E-state index in [-0.39, 0.29) is 6.54 Å². The molecule has 0 saturated carbocycles. The third-order valence-electron chi connectivity index (χ3n) is 5.13. The molecule has 0 radical (unpaired) electrons. The molecular formula is C21H32N6O3S. The number of aliphatic hydroxyl groups is 1. The second-order valence-corrected chi connectivity index (χ2v) is 7.91. The minimum atomic E-state index is -0.757. The summed E-state index contributed by atoms with van der Waals surface area (Å²) in [6, 6.07) is 5.40. The van der Waals surface area contributed by atoms with E-state index in [2.05, 4.69) is 31.4 Å². The average Bonchev–Trinajstić information content (AvgIpc) is 3.30. The summed E-state index contributed by atoms with van der Waals surface area (Å²) in [6.07, 6.45) is 0.0997. The first-order chi connectivity index (χ1) is 15.1. The van der Waals surface area contributed by atoms with Crippen LogP contribution in [0.25, 0.3) is 0 Å². The lowest BCUT2D eigenvalue weighted by molar-refractivity contribution is 0.185. The Balaban J connectivity index is 1.64. The molecule has 0 amide bonds. The average molecular weight is 449 g/mol. The molecule has 1 aromatic heterocycles. The maximum absolute atomic E-state index is 10.7. The maximum atomic E-state index is 10.7. The van der Waals surface area contributed by atoms with E-state index in [4.69, 9.17) is 14.5 Å². The number of benzene rings is 1. The SMILES string of the molecule is CCNC(=NCC(O)c1cc(OC)cc(OC)c1)N1CCN(c2nc(CC)ns2)CC1. The molecule has 0 spiro atoms. The van der Waals surface area contributed by atoms with Crippen molar-refractivity contribution in [2.75, 3.05) is 58.4 Å². The van der Waals surface area contributed by atoms with Crippen LogP contribution in [-0.2, 0) is 6.42 Å². The molecule has 0 aliphatic carbocycles. The lowest BCUT2D eigenvalue weighted by Crippen LogP contribution is -2.52. The lowest BCUT2D eigenvalue weighted by atomic mass is 10.1. The Bertz CT molecular complexity index is 844. The fourth-order valence-electron chi connectivity index (χ4n) is 3.35. The van der Waals surface area contributed by atoms with Crippen molar-refractivity contribution in [3.05, 3.63) is 29.6 Å². The Morgan fingerprint density at radius 1 is 1.16 bits per heavy atom. The highest BCUT2D eigenvalue weighted by molar-refractivity contribution is 7.09. The molecule has 1 aliphatic rings. The van der Waals surface area contributed by atoms with Gasteiger partial charge >= 0.3 is 0 Å². The van der Waals surface area contributed by atoms with Gasteiger partial charge in [0.15, 0.2) is 5.96 Å². The van der Waals surface area contributed by atoms with Gasteiger partial charge in [-0.3, -0.25) is 4.99 Å². The van der Waals surface area contributed by atoms with Crippen LogP contribution < -0.4 is 19.7 Å². The van der Waals surface area contributed by atoms with Crippen molar-refractivity contribution in [1.29, 1.82) is 0 Å². The van der Waals surface area contributed by atoms with Crippen molar-refractivity contribution in [3.8, 4) is 11.5 Å². The summed E-state index contributed by atoms with van der Waals surface area (Å²) in [5.74, 6) is 3.00. The monoisotopic (exact) mass is 448 g/mol. The highest BCUT2D eigenvalue weighted by Crippen LogP contribution is 2.26. The Morgan fingerprint density at radius 2 is 1.84 bits per heavy atom. The number of guanidine groups is 1. The highest BCUT2D eigenvalue weighted by Gasteiger charge is 2.22. The zero-order chi connectivity index (χ0) is 22.2. The predicted molar refractivity (Wildman–Crippen MR) is 124 cm³/mol. The van der Waals surface area contributed by atoms with Crippen molar-refractivity contribution in [2.45, 2.75) is 26.4 Å². The van der Waals surface area contributed by atoms with Crippen molar-refractivity contribution in [2.24, 2.45) is 4.99 Å². The molecule has 170 valence electrons. The lowest BCUT2D eigenvalue weighted by Gasteiger charge is -2.36. The summed E-state index contributed by atoms with van der Waals surface area (Å²) in [5, 5.41) is 15.0. The van der Waals surface area contributed by atoms with Gasteiger partial charge in [-0.25, -0.2) is 4.98 Å². The summed E-state index contributed by atoms with van der Waals surface area (Å²) in [6.45, 7) is 8.50. The number of ether oxygens (including phenoxy) is 2. The number of piperazine rings is 1. The van der Waals surface area contributed by atoms with E-state index < -0.39 is 6.10 Å². The van der Waals surface area contributed by atoms with E-state index in [1.54, 1.807) is 32.4 Å². The molecule has 9 nitrogen and oxygen atoms in total. The van der Waals surface area contributed by atoms with E-state index in [0.29, 0.717) is 17.1 Å². The normalized spacial score (nSPS) is 15.7. The van der Waals surface area contributed by atoms with Gasteiger partial charge in [0.1, 0.15) is 17.3 Å². The van der Waals surface area contributed by atoms with Gasteiger partial charge in [-0.2, -0.15) is 4.37 Å². The van der Waals surface area contributed by atoms with E-state index in [0.717, 1.165) is 56.1 Å². The number of hydrogen-bond donors (Lipinski definition) is 2. The van der Waals surface area contributed by atoms with E-state index in [1.165, 1.54) is 11.5 Å². The fourth-order valence-corrected chi connectivity index (χ4v) is 4.15. The number of aromatic nitrogens is 2. The van der Waals surface area contributed by atoms with Crippen LogP contribution in [0, 0.1) is 0 Å². The van der Waals surface area contributed by atoms with E-state index >= 15 is 0 Å². The summed E-state index contributed by atoms with van der Waals surface area (Å²) in [5.41, 5.74) is 0.712. The molecule has 2 heterocycles. The van der Waals surface area contributed by atoms with Crippen molar-refractivity contribution >= 4 is 22.6 Å². The van der Waals surface area contributed by atoms with Crippen molar-refractivity contribution in [3.63, 3.8) is 0 Å². The summed E-state index contributed by atoms with van der Waals surface area (Å²) in [4.78, 5) is 13.8. The van der Waals surface area contributed by atoms with Gasteiger partial charge in [0.05, 0.1) is 26.9 Å². The number of aliphatic imine (C=N–C) groups is 1. The molecule has 1 saturated heterocycles. The molecule has 1 unspecified atom stereocenters. The molecule has 1 fully saturated rings. The van der Waals surface area contributed by atoms with E-state index in [9.17, 15) is 5.11 Å². The summed E-state index contributed by atoms with van der Waals surface area (Å²) >= 11 is 1.47. The molecular weight excluding hydrogens is 416 g/mol. The third kappa shape index (κ3) is 5.98.